The second-order valence-corrected chi connectivity index (χ2v) is 7.69. The van der Waals surface area contributed by atoms with E-state index in [1.807, 2.05) is 6.92 Å². The van der Waals surface area contributed by atoms with Crippen molar-refractivity contribution in [2.45, 2.75) is 77.3 Å². The highest BCUT2D eigenvalue weighted by Crippen LogP contribution is 2.27. The van der Waals surface area contributed by atoms with Gasteiger partial charge in [0.05, 0.1) is 0 Å². The number of carbonyl (C=O) groups is 1. The van der Waals surface area contributed by atoms with Crippen LogP contribution in [0.4, 0.5) is 4.79 Å². The van der Waals surface area contributed by atoms with E-state index in [4.69, 9.17) is 5.73 Å². The fourth-order valence-electron chi connectivity index (χ4n) is 4.36. The van der Waals surface area contributed by atoms with Gasteiger partial charge in [0, 0.05) is 38.3 Å². The molecule has 0 aromatic heterocycles. The molecule has 0 bridgehead atoms. The summed E-state index contributed by atoms with van der Waals surface area (Å²) < 4.78 is 0. The zero-order chi connectivity index (χ0) is 17.4. The normalized spacial score (nSPS) is 22.3. The zero-order valence-corrected chi connectivity index (χ0v) is 15.8. The molecule has 2 aliphatic rings. The molecule has 1 heterocycles. The topological polar surface area (TPSA) is 61.6 Å². The van der Waals surface area contributed by atoms with Crippen LogP contribution in [0.15, 0.2) is 0 Å². The third kappa shape index (κ3) is 5.62. The van der Waals surface area contributed by atoms with Gasteiger partial charge in [-0.05, 0) is 58.4 Å². The number of hydrogen-bond donors (Lipinski definition) is 2. The molecule has 5 nitrogen and oxygen atoms in total. The van der Waals surface area contributed by atoms with E-state index in [2.05, 4.69) is 22.0 Å². The number of carbonyl (C=O) groups excluding carboxylic acids is 1. The van der Waals surface area contributed by atoms with Crippen molar-refractivity contribution in [3.63, 3.8) is 0 Å². The van der Waals surface area contributed by atoms with Crippen molar-refractivity contribution < 1.29 is 4.79 Å². The van der Waals surface area contributed by atoms with Crippen LogP contribution in [0.5, 0.6) is 0 Å². The first-order chi connectivity index (χ1) is 11.7. The van der Waals surface area contributed by atoms with Crippen LogP contribution in [-0.4, -0.2) is 60.6 Å². The lowest BCUT2D eigenvalue weighted by molar-refractivity contribution is 0.0872. The molecular weight excluding hydrogens is 300 g/mol. The fourth-order valence-corrected chi connectivity index (χ4v) is 4.36. The Bertz CT molecular complexity index is 362. The molecule has 0 spiro atoms. The Labute approximate surface area is 148 Å². The van der Waals surface area contributed by atoms with Crippen molar-refractivity contribution in [2.24, 2.45) is 11.7 Å². The maximum Gasteiger partial charge on any atom is 0.317 e. The smallest absolute Gasteiger partial charge is 0.317 e. The highest BCUT2D eigenvalue weighted by Gasteiger charge is 2.31. The first-order valence-electron chi connectivity index (χ1n) is 10.1. The molecule has 0 aromatic carbocycles. The molecule has 1 aliphatic carbocycles. The predicted octanol–water partition coefficient (Wildman–Crippen LogP) is 2.80. The molecule has 1 aliphatic heterocycles. The Morgan fingerprint density at radius 3 is 2.46 bits per heavy atom. The van der Waals surface area contributed by atoms with E-state index in [-0.39, 0.29) is 6.03 Å². The highest BCUT2D eigenvalue weighted by atomic mass is 16.2. The van der Waals surface area contributed by atoms with Gasteiger partial charge in [0.15, 0.2) is 0 Å². The van der Waals surface area contributed by atoms with E-state index in [0.717, 1.165) is 45.4 Å². The Hall–Kier alpha value is -0.810. The fraction of sp³-hybridized carbons (Fsp3) is 0.947. The molecule has 3 N–H and O–H groups in total. The molecule has 1 atom stereocenters. The monoisotopic (exact) mass is 338 g/mol. The average Bonchev–Trinajstić information content (AvgIpc) is 2.61. The van der Waals surface area contributed by atoms with Crippen LogP contribution >= 0.6 is 0 Å². The average molecular weight is 339 g/mol. The van der Waals surface area contributed by atoms with Crippen molar-refractivity contribution in [2.75, 3.05) is 32.7 Å². The van der Waals surface area contributed by atoms with Crippen LogP contribution in [0, 0.1) is 5.92 Å². The number of nitrogens with one attached hydrogen (secondary N) is 1. The molecule has 1 unspecified atom stereocenters. The molecule has 2 fully saturated rings. The molecule has 2 rings (SSSR count). The van der Waals surface area contributed by atoms with Gasteiger partial charge < -0.3 is 20.9 Å². The Balaban J connectivity index is 1.90. The predicted molar refractivity (Wildman–Crippen MR) is 100 cm³/mol. The van der Waals surface area contributed by atoms with E-state index >= 15 is 0 Å². The summed E-state index contributed by atoms with van der Waals surface area (Å²) in [4.78, 5) is 17.3. The van der Waals surface area contributed by atoms with Gasteiger partial charge in [-0.1, -0.05) is 19.3 Å². The number of piperidine rings is 1. The zero-order valence-electron chi connectivity index (χ0n) is 15.8. The third-order valence-electron chi connectivity index (χ3n) is 5.92. The number of amides is 2. The van der Waals surface area contributed by atoms with Crippen molar-refractivity contribution >= 4 is 6.03 Å². The summed E-state index contributed by atoms with van der Waals surface area (Å²) >= 11 is 0. The van der Waals surface area contributed by atoms with Crippen LogP contribution in [0.1, 0.15) is 65.2 Å². The largest absolute Gasteiger partial charge is 0.338 e. The van der Waals surface area contributed by atoms with Gasteiger partial charge in [-0.25, -0.2) is 4.79 Å². The summed E-state index contributed by atoms with van der Waals surface area (Å²) in [6.45, 7) is 8.89. The van der Waals surface area contributed by atoms with E-state index in [9.17, 15) is 4.79 Å². The van der Waals surface area contributed by atoms with Gasteiger partial charge in [-0.15, -0.1) is 0 Å². The number of nitrogens with zero attached hydrogens (tertiary/aromatic N) is 2. The van der Waals surface area contributed by atoms with Gasteiger partial charge in [0.2, 0.25) is 0 Å². The van der Waals surface area contributed by atoms with Gasteiger partial charge in [-0.2, -0.15) is 0 Å². The van der Waals surface area contributed by atoms with E-state index < -0.39 is 0 Å². The third-order valence-corrected chi connectivity index (χ3v) is 5.92. The summed E-state index contributed by atoms with van der Waals surface area (Å²) in [7, 11) is 0. The molecule has 2 amide bonds. The summed E-state index contributed by atoms with van der Waals surface area (Å²) in [6.07, 6.45) is 9.88. The summed E-state index contributed by atoms with van der Waals surface area (Å²) in [5, 5.41) is 3.04. The lowest BCUT2D eigenvalue weighted by atomic mass is 9.88. The number of likely N-dealkylation sites (tertiary alicyclic amines) is 1. The summed E-state index contributed by atoms with van der Waals surface area (Å²) in [5.74, 6) is 0.704. The Kier molecular flexibility index (Phi) is 8.33. The molecule has 5 heteroatoms. The Morgan fingerprint density at radius 2 is 1.88 bits per heavy atom. The van der Waals surface area contributed by atoms with Crippen LogP contribution in [-0.2, 0) is 0 Å². The molecular formula is C19H38N4O. The lowest BCUT2D eigenvalue weighted by Gasteiger charge is -2.42. The SMILES string of the molecule is CCNC(=O)N(CC1CCCCC1)C1CCN(C(C)CCN)CC1. The first kappa shape index (κ1) is 19.5. The van der Waals surface area contributed by atoms with Crippen LogP contribution in [0.2, 0.25) is 0 Å². The molecule has 24 heavy (non-hydrogen) atoms. The summed E-state index contributed by atoms with van der Waals surface area (Å²) in [6, 6.07) is 1.11. The quantitative estimate of drug-likeness (QED) is 0.750. The standard InChI is InChI=1S/C19H38N4O/c1-3-21-19(24)23(15-17-7-5-4-6-8-17)18-10-13-22(14-11-18)16(2)9-12-20/h16-18H,3-15,20H2,1-2H3,(H,21,24). The number of nitrogens with two attached hydrogens (primary N) is 1. The number of rotatable bonds is 7. The second-order valence-electron chi connectivity index (χ2n) is 7.69. The van der Waals surface area contributed by atoms with Crippen molar-refractivity contribution in [3.8, 4) is 0 Å². The minimum absolute atomic E-state index is 0.150. The van der Waals surface area contributed by atoms with Crippen LogP contribution in [0.3, 0.4) is 0 Å². The van der Waals surface area contributed by atoms with E-state index in [1.54, 1.807) is 0 Å². The first-order valence-corrected chi connectivity index (χ1v) is 10.1. The van der Waals surface area contributed by atoms with Gasteiger partial charge >= 0.3 is 6.03 Å². The number of hydrogen-bond acceptors (Lipinski definition) is 3. The molecule has 0 radical (unpaired) electrons. The minimum atomic E-state index is 0.150. The number of urea groups is 1. The van der Waals surface area contributed by atoms with Gasteiger partial charge in [0.1, 0.15) is 0 Å². The highest BCUT2D eigenvalue weighted by molar-refractivity contribution is 5.74. The minimum Gasteiger partial charge on any atom is -0.338 e. The van der Waals surface area contributed by atoms with E-state index in [0.29, 0.717) is 24.5 Å². The lowest BCUT2D eigenvalue weighted by Crippen LogP contribution is -2.53. The molecule has 1 saturated heterocycles. The van der Waals surface area contributed by atoms with Crippen molar-refractivity contribution in [1.29, 1.82) is 0 Å². The van der Waals surface area contributed by atoms with E-state index in [1.165, 1.54) is 32.1 Å². The van der Waals surface area contributed by atoms with Crippen LogP contribution < -0.4 is 11.1 Å². The molecule has 1 saturated carbocycles. The molecule has 0 aromatic rings. The van der Waals surface area contributed by atoms with Gasteiger partial charge in [-0.3, -0.25) is 0 Å². The van der Waals surface area contributed by atoms with Crippen LogP contribution in [0.25, 0.3) is 0 Å². The Morgan fingerprint density at radius 1 is 1.21 bits per heavy atom. The van der Waals surface area contributed by atoms with Crippen molar-refractivity contribution in [1.82, 2.24) is 15.1 Å². The second kappa shape index (κ2) is 10.2. The maximum atomic E-state index is 12.6. The van der Waals surface area contributed by atoms with Crippen molar-refractivity contribution in [3.05, 3.63) is 0 Å². The summed E-state index contributed by atoms with van der Waals surface area (Å²) in [5.41, 5.74) is 5.70. The van der Waals surface area contributed by atoms with Gasteiger partial charge in [0.25, 0.3) is 0 Å². The molecule has 140 valence electrons. The maximum absolute atomic E-state index is 12.6.